The molecule has 138 valence electrons. The van der Waals surface area contributed by atoms with Crippen molar-refractivity contribution in [2.24, 2.45) is 5.41 Å². The van der Waals surface area contributed by atoms with E-state index in [2.05, 4.69) is 23.8 Å². The van der Waals surface area contributed by atoms with Gasteiger partial charge in [0.15, 0.2) is 0 Å². The lowest BCUT2D eigenvalue weighted by molar-refractivity contribution is 0.0600. The predicted octanol–water partition coefficient (Wildman–Crippen LogP) is 3.30. The second-order valence-electron chi connectivity index (χ2n) is 7.26. The number of hydrogen-bond donors (Lipinski definition) is 0. The van der Waals surface area contributed by atoms with Gasteiger partial charge in [-0.2, -0.15) is 9.78 Å². The minimum Gasteiger partial charge on any atom is -0.465 e. The fourth-order valence-electron chi connectivity index (χ4n) is 3.39. The van der Waals surface area contributed by atoms with Crippen LogP contribution in [0.2, 0.25) is 5.02 Å². The number of esters is 1. The molecular formula is C19H22ClN3O3. The fraction of sp³-hybridized carbons (Fsp3) is 0.421. The number of carbonyl (C=O) groups is 1. The SMILES string of the molecule is COC(=O)c1ccccc1-n1ncc(N2CCCC(C)(C)C2)c(Cl)c1=O. The van der Waals surface area contributed by atoms with Crippen molar-refractivity contribution in [3.63, 3.8) is 0 Å². The molecule has 0 spiro atoms. The van der Waals surface area contributed by atoms with Gasteiger partial charge in [-0.15, -0.1) is 0 Å². The molecule has 2 heterocycles. The summed E-state index contributed by atoms with van der Waals surface area (Å²) in [6.45, 7) is 6.06. The molecule has 1 aromatic heterocycles. The summed E-state index contributed by atoms with van der Waals surface area (Å²) < 4.78 is 5.93. The van der Waals surface area contributed by atoms with Crippen LogP contribution in [-0.4, -0.2) is 35.9 Å². The number of nitrogens with zero attached hydrogens (tertiary/aromatic N) is 3. The molecule has 6 nitrogen and oxygen atoms in total. The quantitative estimate of drug-likeness (QED) is 0.770. The number of benzene rings is 1. The summed E-state index contributed by atoms with van der Waals surface area (Å²) in [5, 5.41) is 4.39. The molecule has 0 bridgehead atoms. The first kappa shape index (κ1) is 18.5. The summed E-state index contributed by atoms with van der Waals surface area (Å²) in [5.74, 6) is -0.535. The van der Waals surface area contributed by atoms with Gasteiger partial charge in [-0.05, 0) is 30.4 Å². The topological polar surface area (TPSA) is 64.4 Å². The van der Waals surface area contributed by atoms with Crippen molar-refractivity contribution in [3.05, 3.63) is 51.4 Å². The van der Waals surface area contributed by atoms with Crippen LogP contribution in [-0.2, 0) is 4.74 Å². The van der Waals surface area contributed by atoms with Crippen LogP contribution in [0.15, 0.2) is 35.3 Å². The Bertz CT molecular complexity index is 892. The van der Waals surface area contributed by atoms with Crippen LogP contribution >= 0.6 is 11.6 Å². The van der Waals surface area contributed by atoms with Gasteiger partial charge in [0.1, 0.15) is 5.02 Å². The molecule has 0 atom stereocenters. The number of ether oxygens (including phenoxy) is 1. The number of piperidine rings is 1. The number of halogens is 1. The maximum atomic E-state index is 12.8. The number of anilines is 1. The maximum Gasteiger partial charge on any atom is 0.340 e. The Balaban J connectivity index is 2.05. The molecule has 0 amide bonds. The smallest absolute Gasteiger partial charge is 0.340 e. The highest BCUT2D eigenvalue weighted by atomic mass is 35.5. The second-order valence-corrected chi connectivity index (χ2v) is 7.64. The number of rotatable bonds is 3. The molecule has 26 heavy (non-hydrogen) atoms. The number of aromatic nitrogens is 2. The molecule has 0 unspecified atom stereocenters. The van der Waals surface area contributed by atoms with Gasteiger partial charge in [0.25, 0.3) is 5.56 Å². The minimum atomic E-state index is -0.535. The van der Waals surface area contributed by atoms with E-state index in [4.69, 9.17) is 16.3 Å². The molecule has 0 saturated carbocycles. The van der Waals surface area contributed by atoms with Crippen molar-refractivity contribution in [2.45, 2.75) is 26.7 Å². The monoisotopic (exact) mass is 375 g/mol. The molecule has 0 N–H and O–H groups in total. The number of para-hydroxylation sites is 1. The van der Waals surface area contributed by atoms with Crippen LogP contribution < -0.4 is 10.5 Å². The number of carbonyl (C=O) groups excluding carboxylic acids is 1. The molecular weight excluding hydrogens is 354 g/mol. The largest absolute Gasteiger partial charge is 0.465 e. The third kappa shape index (κ3) is 3.46. The average Bonchev–Trinajstić information content (AvgIpc) is 2.62. The third-order valence-corrected chi connectivity index (χ3v) is 5.03. The van der Waals surface area contributed by atoms with Gasteiger partial charge in [-0.3, -0.25) is 4.79 Å². The zero-order valence-corrected chi connectivity index (χ0v) is 15.9. The lowest BCUT2D eigenvalue weighted by Gasteiger charge is -2.39. The van der Waals surface area contributed by atoms with Gasteiger partial charge in [-0.1, -0.05) is 37.6 Å². The first-order valence-electron chi connectivity index (χ1n) is 8.54. The standard InChI is InChI=1S/C19H22ClN3O3/c1-19(2)9-6-10-22(12-19)15-11-21-23(17(24)16(15)20)14-8-5-4-7-13(14)18(25)26-3/h4-5,7-8,11H,6,9-10,12H2,1-3H3. The molecule has 3 rings (SSSR count). The normalized spacial score (nSPS) is 16.4. The van der Waals surface area contributed by atoms with Gasteiger partial charge < -0.3 is 9.64 Å². The van der Waals surface area contributed by atoms with Crippen molar-refractivity contribution in [1.82, 2.24) is 9.78 Å². The van der Waals surface area contributed by atoms with E-state index in [9.17, 15) is 9.59 Å². The third-order valence-electron chi connectivity index (χ3n) is 4.68. The molecule has 0 aliphatic carbocycles. The Morgan fingerprint density at radius 2 is 2.00 bits per heavy atom. The molecule has 1 aliphatic rings. The Morgan fingerprint density at radius 3 is 2.69 bits per heavy atom. The maximum absolute atomic E-state index is 12.8. The first-order chi connectivity index (χ1) is 12.3. The second kappa shape index (κ2) is 7.11. The van der Waals surface area contributed by atoms with E-state index in [-0.39, 0.29) is 16.0 Å². The van der Waals surface area contributed by atoms with Crippen molar-refractivity contribution in [2.75, 3.05) is 25.1 Å². The van der Waals surface area contributed by atoms with E-state index in [1.165, 1.54) is 7.11 Å². The molecule has 2 aromatic rings. The van der Waals surface area contributed by atoms with Crippen LogP contribution in [0, 0.1) is 5.41 Å². The van der Waals surface area contributed by atoms with Gasteiger partial charge in [0, 0.05) is 13.1 Å². The van der Waals surface area contributed by atoms with Crippen LogP contribution in [0.25, 0.3) is 5.69 Å². The van der Waals surface area contributed by atoms with E-state index >= 15 is 0 Å². The highest BCUT2D eigenvalue weighted by Gasteiger charge is 2.28. The van der Waals surface area contributed by atoms with Crippen molar-refractivity contribution < 1.29 is 9.53 Å². The molecule has 1 fully saturated rings. The summed E-state index contributed by atoms with van der Waals surface area (Å²) in [6.07, 6.45) is 3.77. The van der Waals surface area contributed by atoms with Crippen molar-refractivity contribution in [1.29, 1.82) is 0 Å². The van der Waals surface area contributed by atoms with Gasteiger partial charge in [0.05, 0.1) is 30.2 Å². The molecule has 0 radical (unpaired) electrons. The van der Waals surface area contributed by atoms with Gasteiger partial charge in [0.2, 0.25) is 0 Å². The van der Waals surface area contributed by atoms with Crippen LogP contribution in [0.3, 0.4) is 0 Å². The highest BCUT2D eigenvalue weighted by Crippen LogP contribution is 2.33. The summed E-state index contributed by atoms with van der Waals surface area (Å²) >= 11 is 6.41. The van der Waals surface area contributed by atoms with E-state index in [0.29, 0.717) is 11.4 Å². The summed E-state index contributed by atoms with van der Waals surface area (Å²) in [6, 6.07) is 6.66. The zero-order valence-electron chi connectivity index (χ0n) is 15.2. The highest BCUT2D eigenvalue weighted by molar-refractivity contribution is 6.33. The molecule has 1 aliphatic heterocycles. The Labute approximate surface area is 157 Å². The number of methoxy groups -OCH3 is 1. The predicted molar refractivity (Wildman–Crippen MR) is 101 cm³/mol. The zero-order chi connectivity index (χ0) is 18.9. The molecule has 1 saturated heterocycles. The minimum absolute atomic E-state index is 0.109. The summed E-state index contributed by atoms with van der Waals surface area (Å²) in [7, 11) is 1.30. The first-order valence-corrected chi connectivity index (χ1v) is 8.92. The molecule has 7 heteroatoms. The van der Waals surface area contributed by atoms with Crippen molar-refractivity contribution >= 4 is 23.3 Å². The lowest BCUT2D eigenvalue weighted by atomic mass is 9.84. The van der Waals surface area contributed by atoms with Crippen LogP contribution in [0.4, 0.5) is 5.69 Å². The average molecular weight is 376 g/mol. The van der Waals surface area contributed by atoms with Crippen molar-refractivity contribution in [3.8, 4) is 5.69 Å². The summed E-state index contributed by atoms with van der Waals surface area (Å²) in [5.41, 5.74) is 0.943. The van der Waals surface area contributed by atoms with E-state index < -0.39 is 11.5 Å². The Kier molecular flexibility index (Phi) is 5.05. The van der Waals surface area contributed by atoms with Crippen LogP contribution in [0.5, 0.6) is 0 Å². The van der Waals surface area contributed by atoms with Gasteiger partial charge in [-0.25, -0.2) is 4.79 Å². The van der Waals surface area contributed by atoms with Crippen LogP contribution in [0.1, 0.15) is 37.0 Å². The fourth-order valence-corrected chi connectivity index (χ4v) is 3.63. The number of hydrogen-bond acceptors (Lipinski definition) is 5. The Hall–Kier alpha value is -2.34. The van der Waals surface area contributed by atoms with E-state index in [1.54, 1.807) is 30.5 Å². The Morgan fingerprint density at radius 1 is 1.27 bits per heavy atom. The van der Waals surface area contributed by atoms with Gasteiger partial charge >= 0.3 is 5.97 Å². The molecule has 1 aromatic carbocycles. The van der Waals surface area contributed by atoms with E-state index in [0.717, 1.165) is 30.6 Å². The lowest BCUT2D eigenvalue weighted by Crippen LogP contribution is -2.41. The van der Waals surface area contributed by atoms with E-state index in [1.807, 2.05) is 0 Å². The summed E-state index contributed by atoms with van der Waals surface area (Å²) in [4.78, 5) is 26.9.